The molecule has 7 heteroatoms. The Hall–Kier alpha value is -1.79. The molecule has 1 aromatic heterocycles. The lowest BCUT2D eigenvalue weighted by molar-refractivity contribution is -0.304. The van der Waals surface area contributed by atoms with Crippen molar-refractivity contribution in [3.05, 3.63) is 24.0 Å². The van der Waals surface area contributed by atoms with Crippen LogP contribution in [0.5, 0.6) is 5.75 Å². The Morgan fingerprint density at radius 3 is 2.73 bits per heavy atom. The summed E-state index contributed by atoms with van der Waals surface area (Å²) >= 11 is 0. The summed E-state index contributed by atoms with van der Waals surface area (Å²) in [5, 5.41) is 10.2. The molecule has 0 aliphatic heterocycles. The molecular weight excluding hydrogens is 215 g/mol. The molecule has 15 heavy (non-hydrogen) atoms. The van der Waals surface area contributed by atoms with Crippen LogP contribution >= 0.6 is 0 Å². The molecule has 1 heterocycles. The van der Waals surface area contributed by atoms with Gasteiger partial charge in [0, 0.05) is 30.3 Å². The third kappa shape index (κ3) is 4.30. The molecular formula is C8H5F3NO3-. The van der Waals surface area contributed by atoms with E-state index in [1.807, 2.05) is 0 Å². The topological polar surface area (TPSA) is 62.2 Å². The van der Waals surface area contributed by atoms with E-state index in [4.69, 9.17) is 0 Å². The van der Waals surface area contributed by atoms with Gasteiger partial charge in [-0.1, -0.05) is 0 Å². The number of carboxylic acids is 1. The largest absolute Gasteiger partial charge is 0.573 e. The summed E-state index contributed by atoms with van der Waals surface area (Å²) in [6, 6.07) is 1.87. The van der Waals surface area contributed by atoms with Crippen molar-refractivity contribution in [1.29, 1.82) is 0 Å². The second kappa shape index (κ2) is 4.16. The van der Waals surface area contributed by atoms with Crippen molar-refractivity contribution in [2.45, 2.75) is 12.8 Å². The Balaban J connectivity index is 2.79. The third-order valence-electron chi connectivity index (χ3n) is 1.35. The predicted molar refractivity (Wildman–Crippen MR) is 39.6 cm³/mol. The number of aliphatic carboxylic acids is 1. The van der Waals surface area contributed by atoms with Gasteiger partial charge in [0.2, 0.25) is 0 Å². The van der Waals surface area contributed by atoms with Crippen molar-refractivity contribution >= 4 is 5.97 Å². The highest BCUT2D eigenvalue weighted by molar-refractivity contribution is 5.67. The number of hydrogen-bond donors (Lipinski definition) is 0. The minimum atomic E-state index is -4.81. The minimum Gasteiger partial charge on any atom is -0.550 e. The van der Waals surface area contributed by atoms with Crippen LogP contribution in [0.4, 0.5) is 13.2 Å². The zero-order chi connectivity index (χ0) is 11.5. The number of halogens is 3. The van der Waals surface area contributed by atoms with Gasteiger partial charge >= 0.3 is 6.36 Å². The van der Waals surface area contributed by atoms with E-state index in [2.05, 4.69) is 9.72 Å². The number of ether oxygens (including phenoxy) is 1. The highest BCUT2D eigenvalue weighted by Crippen LogP contribution is 2.22. The molecule has 0 aliphatic rings. The lowest BCUT2D eigenvalue weighted by Crippen LogP contribution is -2.25. The van der Waals surface area contributed by atoms with Crippen LogP contribution in [0.2, 0.25) is 0 Å². The molecule has 0 N–H and O–H groups in total. The summed E-state index contributed by atoms with van der Waals surface area (Å²) in [7, 11) is 0. The number of pyridine rings is 1. The summed E-state index contributed by atoms with van der Waals surface area (Å²) in [5.74, 6) is -1.93. The molecule has 0 saturated carbocycles. The van der Waals surface area contributed by atoms with Crippen molar-refractivity contribution in [3.8, 4) is 5.75 Å². The number of nitrogens with zero attached hydrogens (tertiary/aromatic N) is 1. The summed E-state index contributed by atoms with van der Waals surface area (Å²) in [5.41, 5.74) is -0.0586. The van der Waals surface area contributed by atoms with Crippen molar-refractivity contribution in [2.75, 3.05) is 0 Å². The summed E-state index contributed by atoms with van der Waals surface area (Å²) < 4.78 is 38.9. The molecule has 0 amide bonds. The Morgan fingerprint density at radius 1 is 1.53 bits per heavy atom. The molecule has 0 fully saturated rings. The normalized spacial score (nSPS) is 11.1. The molecule has 0 unspecified atom stereocenters. The molecule has 0 bridgehead atoms. The molecule has 0 spiro atoms. The van der Waals surface area contributed by atoms with Gasteiger partial charge in [-0.15, -0.1) is 13.2 Å². The van der Waals surface area contributed by atoms with Gasteiger partial charge in [0.15, 0.2) is 0 Å². The van der Waals surface area contributed by atoms with E-state index in [0.717, 1.165) is 18.3 Å². The maximum absolute atomic E-state index is 11.8. The van der Waals surface area contributed by atoms with Gasteiger partial charge in [0.1, 0.15) is 5.75 Å². The fourth-order valence-corrected chi connectivity index (χ4v) is 0.898. The second-order valence-electron chi connectivity index (χ2n) is 2.58. The van der Waals surface area contributed by atoms with Crippen LogP contribution in [0.15, 0.2) is 18.3 Å². The summed E-state index contributed by atoms with van der Waals surface area (Å²) in [4.78, 5) is 13.7. The molecule has 0 atom stereocenters. The van der Waals surface area contributed by atoms with Crippen LogP contribution < -0.4 is 9.84 Å². The first-order valence-corrected chi connectivity index (χ1v) is 3.77. The smallest absolute Gasteiger partial charge is 0.550 e. The monoisotopic (exact) mass is 220 g/mol. The average Bonchev–Trinajstić information content (AvgIpc) is 1.99. The quantitative estimate of drug-likeness (QED) is 0.733. The van der Waals surface area contributed by atoms with E-state index in [-0.39, 0.29) is 5.69 Å². The van der Waals surface area contributed by atoms with E-state index in [0.29, 0.717) is 0 Å². The van der Waals surface area contributed by atoms with Crippen molar-refractivity contribution in [2.24, 2.45) is 0 Å². The average molecular weight is 220 g/mol. The standard InChI is InChI=1S/C8H6F3NO3/c9-8(10,11)15-6-1-2-12-5(3-6)4-7(13)14/h1-3H,4H2,(H,13,14)/p-1. The highest BCUT2D eigenvalue weighted by Gasteiger charge is 2.31. The maximum atomic E-state index is 11.8. The fraction of sp³-hybridized carbons (Fsp3) is 0.250. The Labute approximate surface area is 82.3 Å². The number of carbonyl (C=O) groups is 1. The van der Waals surface area contributed by atoms with E-state index in [1.54, 1.807) is 0 Å². The Morgan fingerprint density at radius 2 is 2.20 bits per heavy atom. The van der Waals surface area contributed by atoms with Crippen LogP contribution in [0, 0.1) is 0 Å². The number of carboxylic acid groups (broad SMARTS) is 1. The van der Waals surface area contributed by atoms with Gasteiger partial charge in [-0.3, -0.25) is 4.98 Å². The SMILES string of the molecule is O=C([O-])Cc1cc(OC(F)(F)F)ccn1. The van der Waals surface area contributed by atoms with Gasteiger partial charge in [-0.25, -0.2) is 0 Å². The number of rotatable bonds is 3. The Bertz CT molecular complexity index is 364. The summed E-state index contributed by atoms with van der Waals surface area (Å²) in [6.07, 6.45) is -4.34. The fourth-order valence-electron chi connectivity index (χ4n) is 0.898. The molecule has 0 radical (unpaired) electrons. The first kappa shape index (κ1) is 11.3. The molecule has 0 aromatic carbocycles. The number of alkyl halides is 3. The number of hydrogen-bond acceptors (Lipinski definition) is 4. The Kier molecular flexibility index (Phi) is 3.13. The van der Waals surface area contributed by atoms with Gasteiger partial charge in [-0.05, 0) is 6.07 Å². The van der Waals surface area contributed by atoms with Crippen molar-refractivity contribution in [3.63, 3.8) is 0 Å². The predicted octanol–water partition coefficient (Wildman–Crippen LogP) is 0.273. The maximum Gasteiger partial charge on any atom is 0.573 e. The van der Waals surface area contributed by atoms with Crippen molar-refractivity contribution < 1.29 is 27.8 Å². The zero-order valence-electron chi connectivity index (χ0n) is 7.25. The van der Waals surface area contributed by atoms with Crippen molar-refractivity contribution in [1.82, 2.24) is 4.98 Å². The number of aromatic nitrogens is 1. The molecule has 1 aromatic rings. The third-order valence-corrected chi connectivity index (χ3v) is 1.35. The summed E-state index contributed by atoms with van der Waals surface area (Å²) in [6.45, 7) is 0. The van der Waals surface area contributed by atoms with Gasteiger partial charge in [0.05, 0.1) is 0 Å². The molecule has 0 aliphatic carbocycles. The van der Waals surface area contributed by atoms with Crippen LogP contribution in [-0.4, -0.2) is 17.3 Å². The minimum absolute atomic E-state index is 0.0586. The molecule has 0 saturated heterocycles. The van der Waals surface area contributed by atoms with E-state index >= 15 is 0 Å². The van der Waals surface area contributed by atoms with Crippen LogP contribution in [0.3, 0.4) is 0 Å². The van der Waals surface area contributed by atoms with Crippen LogP contribution in [-0.2, 0) is 11.2 Å². The zero-order valence-corrected chi connectivity index (χ0v) is 7.25. The van der Waals surface area contributed by atoms with Crippen LogP contribution in [0.25, 0.3) is 0 Å². The van der Waals surface area contributed by atoms with Gasteiger partial charge < -0.3 is 14.6 Å². The first-order valence-electron chi connectivity index (χ1n) is 3.77. The van der Waals surface area contributed by atoms with Gasteiger partial charge in [0.25, 0.3) is 0 Å². The van der Waals surface area contributed by atoms with E-state index < -0.39 is 24.5 Å². The van der Waals surface area contributed by atoms with Gasteiger partial charge in [-0.2, -0.15) is 0 Å². The van der Waals surface area contributed by atoms with E-state index in [9.17, 15) is 23.1 Å². The first-order chi connectivity index (χ1) is 6.87. The molecule has 4 nitrogen and oxygen atoms in total. The van der Waals surface area contributed by atoms with Crippen LogP contribution in [0.1, 0.15) is 5.69 Å². The lowest BCUT2D eigenvalue weighted by atomic mass is 10.2. The van der Waals surface area contributed by atoms with E-state index in [1.165, 1.54) is 0 Å². The molecule has 1 rings (SSSR count). The number of carbonyl (C=O) groups excluding carboxylic acids is 1. The highest BCUT2D eigenvalue weighted by atomic mass is 19.4. The molecule has 82 valence electrons. The second-order valence-corrected chi connectivity index (χ2v) is 2.58. The lowest BCUT2D eigenvalue weighted by Gasteiger charge is -2.09.